The zero-order valence-corrected chi connectivity index (χ0v) is 9.15. The number of hydrogen-bond donors (Lipinski definition) is 2. The molecule has 3 nitrogen and oxygen atoms in total. The standard InChI is InChI=1S/C5H11NO2S.Na.H/c1-9-3-2-4(6)5(7)8;;/h4H,2-3,6H2,1H3,(H,7,8);;/q;+1;-1/t4-;;/m0../s1. The van der Waals surface area contributed by atoms with Gasteiger partial charge in [0.15, 0.2) is 0 Å². The fourth-order valence-corrected chi connectivity index (χ4v) is 0.858. The quantitative estimate of drug-likeness (QED) is 0.453. The largest absolute Gasteiger partial charge is 1.00 e. The molecule has 0 fully saturated rings. The smallest absolute Gasteiger partial charge is 1.00 e. The van der Waals surface area contributed by atoms with Crippen LogP contribution in [0.2, 0.25) is 0 Å². The SMILES string of the molecule is CSCC[C@H](N)C(=O)O.[H-].[Na+]. The number of thioether (sulfide) groups is 1. The maximum atomic E-state index is 10.1. The van der Waals surface area contributed by atoms with Gasteiger partial charge in [-0.1, -0.05) is 0 Å². The molecule has 0 aliphatic rings. The minimum absolute atomic E-state index is 0. The second-order valence-corrected chi connectivity index (χ2v) is 2.71. The molecule has 0 rings (SSSR count). The Balaban J connectivity index is -0.000000320. The summed E-state index contributed by atoms with van der Waals surface area (Å²) in [4.78, 5) is 10.1. The molecule has 56 valence electrons. The Morgan fingerprint density at radius 2 is 2.40 bits per heavy atom. The zero-order chi connectivity index (χ0) is 7.28. The van der Waals surface area contributed by atoms with Crippen LogP contribution < -0.4 is 35.3 Å². The van der Waals surface area contributed by atoms with E-state index in [0.717, 1.165) is 5.75 Å². The molecule has 10 heavy (non-hydrogen) atoms. The molecule has 0 aromatic carbocycles. The molecule has 1 atom stereocenters. The predicted octanol–water partition coefficient (Wildman–Crippen LogP) is -2.73. The van der Waals surface area contributed by atoms with Crippen molar-refractivity contribution < 1.29 is 40.9 Å². The van der Waals surface area contributed by atoms with Gasteiger partial charge in [0.05, 0.1) is 0 Å². The van der Waals surface area contributed by atoms with Gasteiger partial charge in [-0.15, -0.1) is 0 Å². The van der Waals surface area contributed by atoms with E-state index in [1.54, 1.807) is 11.8 Å². The van der Waals surface area contributed by atoms with Crippen LogP contribution in [0.5, 0.6) is 0 Å². The number of carbonyl (C=O) groups is 1. The first-order valence-corrected chi connectivity index (χ1v) is 4.05. The van der Waals surface area contributed by atoms with E-state index >= 15 is 0 Å². The molecule has 0 aromatic heterocycles. The normalized spacial score (nSPS) is 11.8. The monoisotopic (exact) mass is 173 g/mol. The van der Waals surface area contributed by atoms with Crippen LogP contribution in [0.15, 0.2) is 0 Å². The van der Waals surface area contributed by atoms with Gasteiger partial charge < -0.3 is 12.3 Å². The fourth-order valence-electron chi connectivity index (χ4n) is 0.368. The van der Waals surface area contributed by atoms with Crippen molar-refractivity contribution in [3.8, 4) is 0 Å². The second-order valence-electron chi connectivity index (χ2n) is 1.73. The molecule has 0 amide bonds. The van der Waals surface area contributed by atoms with E-state index in [1.165, 1.54) is 0 Å². The Hall–Kier alpha value is 0.780. The summed E-state index contributed by atoms with van der Waals surface area (Å²) in [6.45, 7) is 0. The summed E-state index contributed by atoms with van der Waals surface area (Å²) in [5.74, 6) is -0.1000. The van der Waals surface area contributed by atoms with Gasteiger partial charge in [0, 0.05) is 0 Å². The van der Waals surface area contributed by atoms with Crippen LogP contribution in [0.4, 0.5) is 0 Å². The number of aliphatic carboxylic acids is 1. The summed E-state index contributed by atoms with van der Waals surface area (Å²) in [6, 6.07) is -0.683. The first-order chi connectivity index (χ1) is 4.18. The van der Waals surface area contributed by atoms with Gasteiger partial charge in [-0.2, -0.15) is 11.8 Å². The molecule has 0 unspecified atom stereocenters. The molecule has 0 saturated carbocycles. The van der Waals surface area contributed by atoms with Gasteiger partial charge in [0.1, 0.15) is 6.04 Å². The van der Waals surface area contributed by atoms with Crippen LogP contribution in [0.1, 0.15) is 7.85 Å². The molecule has 3 N–H and O–H groups in total. The number of carboxylic acids is 1. The number of carboxylic acid groups (broad SMARTS) is 1. The van der Waals surface area contributed by atoms with E-state index in [0.29, 0.717) is 6.42 Å². The topological polar surface area (TPSA) is 63.3 Å². The Morgan fingerprint density at radius 1 is 1.90 bits per heavy atom. The van der Waals surface area contributed by atoms with Gasteiger partial charge in [-0.25, -0.2) is 0 Å². The summed E-state index contributed by atoms with van der Waals surface area (Å²) >= 11 is 1.60. The third-order valence-corrected chi connectivity index (χ3v) is 1.59. The average molecular weight is 173 g/mol. The molecular weight excluding hydrogens is 161 g/mol. The van der Waals surface area contributed by atoms with Crippen molar-refractivity contribution in [2.75, 3.05) is 12.0 Å². The van der Waals surface area contributed by atoms with E-state index in [-0.39, 0.29) is 31.0 Å². The summed E-state index contributed by atoms with van der Waals surface area (Å²) in [6.07, 6.45) is 2.48. The molecule has 0 aromatic rings. The summed E-state index contributed by atoms with van der Waals surface area (Å²) < 4.78 is 0. The van der Waals surface area contributed by atoms with Gasteiger partial charge >= 0.3 is 35.5 Å². The molecule has 0 aliphatic carbocycles. The molecule has 5 heteroatoms. The van der Waals surface area contributed by atoms with Crippen LogP contribution in [0.3, 0.4) is 0 Å². The molecular formula is C5H12NNaO2S. The van der Waals surface area contributed by atoms with Crippen molar-refractivity contribution in [3.05, 3.63) is 0 Å². The van der Waals surface area contributed by atoms with Crippen LogP contribution in [-0.2, 0) is 4.79 Å². The van der Waals surface area contributed by atoms with Gasteiger partial charge in [0.2, 0.25) is 0 Å². The Bertz CT molecular complexity index is 106. The minimum Gasteiger partial charge on any atom is -1.00 e. The van der Waals surface area contributed by atoms with E-state index in [4.69, 9.17) is 10.8 Å². The predicted molar refractivity (Wildman–Crippen MR) is 39.7 cm³/mol. The number of nitrogens with two attached hydrogens (primary N) is 1. The van der Waals surface area contributed by atoms with E-state index in [2.05, 4.69) is 0 Å². The molecule has 0 saturated heterocycles. The van der Waals surface area contributed by atoms with Crippen molar-refractivity contribution in [3.63, 3.8) is 0 Å². The van der Waals surface area contributed by atoms with Crippen molar-refractivity contribution >= 4 is 17.7 Å². The Morgan fingerprint density at radius 3 is 2.70 bits per heavy atom. The minimum atomic E-state index is -0.913. The van der Waals surface area contributed by atoms with Gasteiger partial charge in [0.25, 0.3) is 0 Å². The van der Waals surface area contributed by atoms with Crippen molar-refractivity contribution in [2.24, 2.45) is 5.73 Å². The van der Waals surface area contributed by atoms with Crippen LogP contribution in [-0.4, -0.2) is 29.1 Å². The van der Waals surface area contributed by atoms with E-state index in [1.807, 2.05) is 6.26 Å². The van der Waals surface area contributed by atoms with Crippen molar-refractivity contribution in [2.45, 2.75) is 12.5 Å². The summed E-state index contributed by atoms with van der Waals surface area (Å²) in [5, 5.41) is 8.27. The third-order valence-electron chi connectivity index (χ3n) is 0.950. The summed E-state index contributed by atoms with van der Waals surface area (Å²) in [7, 11) is 0. The second kappa shape index (κ2) is 7.88. The fraction of sp³-hybridized carbons (Fsp3) is 0.800. The molecule has 0 heterocycles. The van der Waals surface area contributed by atoms with E-state index < -0.39 is 12.0 Å². The van der Waals surface area contributed by atoms with Gasteiger partial charge in [-0.3, -0.25) is 4.79 Å². The maximum Gasteiger partial charge on any atom is 1.00 e. The van der Waals surface area contributed by atoms with E-state index in [9.17, 15) is 4.79 Å². The van der Waals surface area contributed by atoms with Gasteiger partial charge in [-0.05, 0) is 18.4 Å². The summed E-state index contributed by atoms with van der Waals surface area (Å²) in [5.41, 5.74) is 5.19. The van der Waals surface area contributed by atoms with Crippen LogP contribution >= 0.6 is 11.8 Å². The maximum absolute atomic E-state index is 10.1. The van der Waals surface area contributed by atoms with Crippen molar-refractivity contribution in [1.82, 2.24) is 0 Å². The molecule has 0 bridgehead atoms. The first-order valence-electron chi connectivity index (χ1n) is 2.65. The number of rotatable bonds is 4. The Labute approximate surface area is 88.5 Å². The van der Waals surface area contributed by atoms with Crippen molar-refractivity contribution in [1.29, 1.82) is 0 Å². The number of hydrogen-bond acceptors (Lipinski definition) is 3. The zero-order valence-electron chi connectivity index (χ0n) is 7.33. The molecule has 0 aliphatic heterocycles. The molecule has 0 spiro atoms. The van der Waals surface area contributed by atoms with Crippen LogP contribution in [0, 0.1) is 0 Å². The average Bonchev–Trinajstić information content (AvgIpc) is 1.82. The van der Waals surface area contributed by atoms with Crippen LogP contribution in [0.25, 0.3) is 0 Å². The Kier molecular flexibility index (Phi) is 10.5. The third kappa shape index (κ3) is 6.89. The first kappa shape index (κ1) is 13.4. The molecule has 0 radical (unpaired) electrons.